The zero-order valence-corrected chi connectivity index (χ0v) is 12.7. The molecule has 1 aromatic heterocycles. The molecular formula is C17H11BrN2O. The molecule has 3 nitrogen and oxygen atoms in total. The van der Waals surface area contributed by atoms with Crippen LogP contribution in [0.15, 0.2) is 64.0 Å². The molecule has 0 N–H and O–H groups in total. The van der Waals surface area contributed by atoms with Gasteiger partial charge < -0.3 is 4.57 Å². The summed E-state index contributed by atoms with van der Waals surface area (Å²) in [6.45, 7) is 0.493. The largest absolute Gasteiger partial charge is 0.311 e. The van der Waals surface area contributed by atoms with Crippen LogP contribution in [0.1, 0.15) is 11.1 Å². The summed E-state index contributed by atoms with van der Waals surface area (Å²) in [7, 11) is 0. The van der Waals surface area contributed by atoms with Gasteiger partial charge >= 0.3 is 0 Å². The fourth-order valence-electron chi connectivity index (χ4n) is 2.29. The molecule has 0 amide bonds. The fraction of sp³-hybridized carbons (Fsp3) is 0.0588. The van der Waals surface area contributed by atoms with Crippen molar-refractivity contribution in [3.8, 4) is 6.07 Å². The van der Waals surface area contributed by atoms with Gasteiger partial charge in [0.05, 0.1) is 18.2 Å². The Labute approximate surface area is 130 Å². The van der Waals surface area contributed by atoms with Crippen molar-refractivity contribution in [2.24, 2.45) is 0 Å². The highest BCUT2D eigenvalue weighted by Crippen LogP contribution is 2.21. The average Bonchev–Trinajstić information content (AvgIpc) is 2.51. The normalized spacial score (nSPS) is 10.5. The van der Waals surface area contributed by atoms with Crippen molar-refractivity contribution in [3.63, 3.8) is 0 Å². The summed E-state index contributed by atoms with van der Waals surface area (Å²) in [6.07, 6.45) is 1.80. The van der Waals surface area contributed by atoms with E-state index in [-0.39, 0.29) is 5.56 Å². The lowest BCUT2D eigenvalue weighted by atomic mass is 10.1. The number of hydrogen-bond acceptors (Lipinski definition) is 2. The maximum absolute atomic E-state index is 12.5. The topological polar surface area (TPSA) is 45.8 Å². The summed E-state index contributed by atoms with van der Waals surface area (Å²) in [5, 5.41) is 10.4. The number of pyridine rings is 1. The summed E-state index contributed by atoms with van der Waals surface area (Å²) in [5.41, 5.74) is 1.59. The van der Waals surface area contributed by atoms with Gasteiger partial charge in [0.15, 0.2) is 0 Å². The van der Waals surface area contributed by atoms with Gasteiger partial charge in [-0.25, -0.2) is 0 Å². The van der Waals surface area contributed by atoms with E-state index in [2.05, 4.69) is 22.0 Å². The third-order valence-electron chi connectivity index (χ3n) is 3.40. The number of nitrogens with zero attached hydrogens (tertiary/aromatic N) is 2. The fourth-order valence-corrected chi connectivity index (χ4v) is 2.78. The van der Waals surface area contributed by atoms with E-state index in [0.29, 0.717) is 17.5 Å². The van der Waals surface area contributed by atoms with Gasteiger partial charge in [-0.1, -0.05) is 34.1 Å². The second-order valence-corrected chi connectivity index (χ2v) is 5.61. The molecule has 21 heavy (non-hydrogen) atoms. The highest BCUT2D eigenvalue weighted by Gasteiger charge is 2.05. The Balaban J connectivity index is 2.03. The summed E-state index contributed by atoms with van der Waals surface area (Å²) in [4.78, 5) is 12.5. The van der Waals surface area contributed by atoms with Crippen LogP contribution in [-0.4, -0.2) is 4.57 Å². The van der Waals surface area contributed by atoms with Gasteiger partial charge in [0, 0.05) is 21.4 Å². The van der Waals surface area contributed by atoms with Crippen molar-refractivity contribution in [3.05, 3.63) is 80.7 Å². The lowest BCUT2D eigenvalue weighted by Crippen LogP contribution is -2.20. The minimum absolute atomic E-state index is 0.0156. The molecule has 3 rings (SSSR count). The van der Waals surface area contributed by atoms with Crippen LogP contribution in [0.5, 0.6) is 0 Å². The second-order valence-electron chi connectivity index (χ2n) is 4.76. The van der Waals surface area contributed by atoms with Gasteiger partial charge in [-0.05, 0) is 35.9 Å². The Morgan fingerprint density at radius 3 is 2.52 bits per heavy atom. The number of aromatic nitrogens is 1. The van der Waals surface area contributed by atoms with Crippen molar-refractivity contribution >= 4 is 26.7 Å². The van der Waals surface area contributed by atoms with Crippen molar-refractivity contribution in [1.29, 1.82) is 5.26 Å². The zero-order valence-electron chi connectivity index (χ0n) is 11.1. The van der Waals surface area contributed by atoms with Crippen LogP contribution in [0.2, 0.25) is 0 Å². The SMILES string of the molecule is N#Cc1ccc(Cn2ccc3c(Br)cccc3c2=O)cc1. The highest BCUT2D eigenvalue weighted by molar-refractivity contribution is 9.10. The minimum Gasteiger partial charge on any atom is -0.311 e. The van der Waals surface area contributed by atoms with Gasteiger partial charge in [0.2, 0.25) is 0 Å². The van der Waals surface area contributed by atoms with Crippen molar-refractivity contribution < 1.29 is 0 Å². The van der Waals surface area contributed by atoms with Crippen LogP contribution in [0.25, 0.3) is 10.8 Å². The number of halogens is 1. The maximum Gasteiger partial charge on any atom is 0.258 e. The predicted octanol–water partition coefficient (Wildman–Crippen LogP) is 3.68. The first-order valence-electron chi connectivity index (χ1n) is 6.46. The van der Waals surface area contributed by atoms with E-state index in [1.807, 2.05) is 36.4 Å². The van der Waals surface area contributed by atoms with E-state index in [4.69, 9.17) is 5.26 Å². The molecule has 3 aromatic rings. The van der Waals surface area contributed by atoms with E-state index < -0.39 is 0 Å². The van der Waals surface area contributed by atoms with E-state index in [1.54, 1.807) is 22.9 Å². The maximum atomic E-state index is 12.5. The number of fused-ring (bicyclic) bond motifs is 1. The Morgan fingerprint density at radius 1 is 1.05 bits per heavy atom. The monoisotopic (exact) mass is 338 g/mol. The Bertz CT molecular complexity index is 905. The first-order chi connectivity index (χ1) is 10.2. The number of hydrogen-bond donors (Lipinski definition) is 0. The first kappa shape index (κ1) is 13.6. The lowest BCUT2D eigenvalue weighted by Gasteiger charge is -2.08. The minimum atomic E-state index is -0.0156. The second kappa shape index (κ2) is 5.55. The first-order valence-corrected chi connectivity index (χ1v) is 7.25. The molecule has 0 saturated heterocycles. The smallest absolute Gasteiger partial charge is 0.258 e. The third kappa shape index (κ3) is 2.61. The molecule has 0 radical (unpaired) electrons. The molecule has 4 heteroatoms. The predicted molar refractivity (Wildman–Crippen MR) is 86.2 cm³/mol. The molecule has 0 fully saturated rings. The summed E-state index contributed by atoms with van der Waals surface area (Å²) < 4.78 is 2.60. The molecule has 0 spiro atoms. The van der Waals surface area contributed by atoms with Crippen molar-refractivity contribution in [2.75, 3.05) is 0 Å². The summed E-state index contributed by atoms with van der Waals surface area (Å²) in [5.74, 6) is 0. The Morgan fingerprint density at radius 2 is 1.81 bits per heavy atom. The Kier molecular flexibility index (Phi) is 3.59. The van der Waals surface area contributed by atoms with Crippen LogP contribution < -0.4 is 5.56 Å². The third-order valence-corrected chi connectivity index (χ3v) is 4.09. The quantitative estimate of drug-likeness (QED) is 0.715. The molecule has 1 heterocycles. The van der Waals surface area contributed by atoms with Crippen LogP contribution >= 0.6 is 15.9 Å². The summed E-state index contributed by atoms with van der Waals surface area (Å²) in [6, 6.07) is 16.9. The standard InChI is InChI=1S/C17H11BrN2O/c18-16-3-1-2-15-14(16)8-9-20(17(15)21)11-13-6-4-12(10-19)5-7-13/h1-9H,11H2. The van der Waals surface area contributed by atoms with Crippen molar-refractivity contribution in [1.82, 2.24) is 4.57 Å². The van der Waals surface area contributed by atoms with Crippen LogP contribution in [0, 0.1) is 11.3 Å². The molecule has 0 aliphatic rings. The van der Waals surface area contributed by atoms with E-state index in [9.17, 15) is 4.79 Å². The number of nitriles is 1. The molecular weight excluding hydrogens is 328 g/mol. The zero-order chi connectivity index (χ0) is 14.8. The molecule has 2 aromatic carbocycles. The van der Waals surface area contributed by atoms with Gasteiger partial charge in [0.1, 0.15) is 0 Å². The lowest BCUT2D eigenvalue weighted by molar-refractivity contribution is 0.768. The number of rotatable bonds is 2. The van der Waals surface area contributed by atoms with Crippen LogP contribution in [-0.2, 0) is 6.54 Å². The van der Waals surface area contributed by atoms with E-state index >= 15 is 0 Å². The molecule has 0 unspecified atom stereocenters. The van der Waals surface area contributed by atoms with Crippen molar-refractivity contribution in [2.45, 2.75) is 6.54 Å². The molecule has 0 aliphatic heterocycles. The van der Waals surface area contributed by atoms with Gasteiger partial charge in [-0.15, -0.1) is 0 Å². The molecule has 0 bridgehead atoms. The number of benzene rings is 2. The van der Waals surface area contributed by atoms with Gasteiger partial charge in [-0.2, -0.15) is 5.26 Å². The van der Waals surface area contributed by atoms with Crippen LogP contribution in [0.3, 0.4) is 0 Å². The van der Waals surface area contributed by atoms with Gasteiger partial charge in [-0.3, -0.25) is 4.79 Å². The van der Waals surface area contributed by atoms with E-state index in [0.717, 1.165) is 15.4 Å². The van der Waals surface area contributed by atoms with Crippen LogP contribution in [0.4, 0.5) is 0 Å². The summed E-state index contributed by atoms with van der Waals surface area (Å²) >= 11 is 3.46. The van der Waals surface area contributed by atoms with Gasteiger partial charge in [0.25, 0.3) is 5.56 Å². The molecule has 0 aliphatic carbocycles. The molecule has 0 saturated carbocycles. The average molecular weight is 339 g/mol. The Hall–Kier alpha value is -2.38. The molecule has 0 atom stereocenters. The van der Waals surface area contributed by atoms with E-state index in [1.165, 1.54) is 0 Å². The molecule has 102 valence electrons. The highest BCUT2D eigenvalue weighted by atomic mass is 79.9.